The van der Waals surface area contributed by atoms with Crippen molar-refractivity contribution in [3.8, 4) is 0 Å². The van der Waals surface area contributed by atoms with Gasteiger partial charge in [-0.25, -0.2) is 0 Å². The van der Waals surface area contributed by atoms with Crippen LogP contribution in [0.25, 0.3) is 73.2 Å². The first kappa shape index (κ1) is 24.2. The predicted molar refractivity (Wildman–Crippen MR) is 189 cm³/mol. The van der Waals surface area contributed by atoms with Crippen molar-refractivity contribution in [2.45, 2.75) is 0 Å². The van der Waals surface area contributed by atoms with Gasteiger partial charge >= 0.3 is 0 Å². The van der Waals surface area contributed by atoms with Crippen molar-refractivity contribution in [3.05, 3.63) is 134 Å². The molecule has 4 heterocycles. The number of anilines is 3. The SMILES string of the molecule is c1ccc2c(c1)ccc1c3nccc(N(c4ccc5sc6ccccc6c5c4)c4ccc5sc6ccccc6c5c4)c3oc21. The van der Waals surface area contributed by atoms with Crippen molar-refractivity contribution in [3.63, 3.8) is 0 Å². The van der Waals surface area contributed by atoms with Crippen LogP contribution >= 0.6 is 22.7 Å². The number of aromatic nitrogens is 1. The molecule has 0 radical (unpaired) electrons. The van der Waals surface area contributed by atoms with Gasteiger partial charge in [-0.15, -0.1) is 22.7 Å². The fraction of sp³-hybridized carbons (Fsp3) is 0. The lowest BCUT2D eigenvalue weighted by Crippen LogP contribution is -2.10. The van der Waals surface area contributed by atoms with Gasteiger partial charge in [0, 0.05) is 68.7 Å². The lowest BCUT2D eigenvalue weighted by atomic mass is 10.1. The predicted octanol–water partition coefficient (Wildman–Crippen LogP) is 12.3. The molecule has 0 spiro atoms. The van der Waals surface area contributed by atoms with Gasteiger partial charge in [0.15, 0.2) is 5.58 Å². The first-order valence-electron chi connectivity index (χ1n) is 14.6. The van der Waals surface area contributed by atoms with Crippen LogP contribution in [0, 0.1) is 0 Å². The van der Waals surface area contributed by atoms with Crippen LogP contribution in [-0.2, 0) is 0 Å². The summed E-state index contributed by atoms with van der Waals surface area (Å²) in [5.74, 6) is 0. The Balaban J connectivity index is 1.29. The van der Waals surface area contributed by atoms with Crippen molar-refractivity contribution < 1.29 is 4.42 Å². The van der Waals surface area contributed by atoms with E-state index in [0.29, 0.717) is 0 Å². The summed E-state index contributed by atoms with van der Waals surface area (Å²) in [5.41, 5.74) is 5.65. The Kier molecular flexibility index (Phi) is 5.03. The van der Waals surface area contributed by atoms with E-state index in [1.165, 1.54) is 40.3 Å². The van der Waals surface area contributed by atoms with Crippen molar-refractivity contribution >= 4 is 113 Å². The van der Waals surface area contributed by atoms with E-state index >= 15 is 0 Å². The van der Waals surface area contributed by atoms with Crippen LogP contribution < -0.4 is 4.90 Å². The molecule has 0 aliphatic heterocycles. The Morgan fingerprint density at radius 2 is 1.07 bits per heavy atom. The fourth-order valence-electron chi connectivity index (χ4n) is 6.68. The average molecular weight is 599 g/mol. The lowest BCUT2D eigenvalue weighted by molar-refractivity contribution is 0.672. The number of fused-ring (bicyclic) bond motifs is 11. The van der Waals surface area contributed by atoms with Gasteiger partial charge in [0.2, 0.25) is 0 Å². The number of furan rings is 1. The molecule has 0 saturated heterocycles. The number of nitrogens with zero attached hydrogens (tertiary/aromatic N) is 2. The van der Waals surface area contributed by atoms with Crippen LogP contribution in [0.5, 0.6) is 0 Å². The monoisotopic (exact) mass is 598 g/mol. The first-order valence-corrected chi connectivity index (χ1v) is 16.3. The third-order valence-corrected chi connectivity index (χ3v) is 11.0. The van der Waals surface area contributed by atoms with Crippen LogP contribution in [0.3, 0.4) is 0 Å². The third-order valence-electron chi connectivity index (χ3n) is 8.70. The van der Waals surface area contributed by atoms with Crippen molar-refractivity contribution in [1.29, 1.82) is 0 Å². The first-order chi connectivity index (χ1) is 21.8. The molecule has 5 heteroatoms. The zero-order valence-corrected chi connectivity index (χ0v) is 25.0. The Bertz CT molecular complexity index is 2640. The van der Waals surface area contributed by atoms with E-state index in [-0.39, 0.29) is 0 Å². The Hall–Kier alpha value is -5.23. The van der Waals surface area contributed by atoms with E-state index in [1.807, 2.05) is 28.9 Å². The van der Waals surface area contributed by atoms with E-state index in [1.54, 1.807) is 0 Å². The number of pyridine rings is 1. The molecule has 10 rings (SSSR count). The maximum atomic E-state index is 6.81. The zero-order valence-electron chi connectivity index (χ0n) is 23.3. The molecule has 0 fully saturated rings. The van der Waals surface area contributed by atoms with E-state index in [9.17, 15) is 0 Å². The van der Waals surface area contributed by atoms with Gasteiger partial charge in [0.25, 0.3) is 0 Å². The molecule has 206 valence electrons. The molecule has 4 aromatic heterocycles. The lowest BCUT2D eigenvalue weighted by Gasteiger charge is -2.25. The molecule has 0 aliphatic rings. The molecular weight excluding hydrogens is 577 g/mol. The van der Waals surface area contributed by atoms with Crippen LogP contribution in [0.15, 0.2) is 138 Å². The minimum absolute atomic E-state index is 0.782. The topological polar surface area (TPSA) is 29.3 Å². The van der Waals surface area contributed by atoms with E-state index in [4.69, 9.17) is 9.40 Å². The minimum atomic E-state index is 0.782. The molecule has 0 N–H and O–H groups in total. The smallest absolute Gasteiger partial charge is 0.177 e. The molecule has 0 aliphatic carbocycles. The summed E-state index contributed by atoms with van der Waals surface area (Å²) in [5, 5.41) is 8.36. The van der Waals surface area contributed by atoms with Gasteiger partial charge < -0.3 is 9.32 Å². The maximum Gasteiger partial charge on any atom is 0.177 e. The average Bonchev–Trinajstić information content (AvgIpc) is 3.76. The van der Waals surface area contributed by atoms with E-state index in [2.05, 4.69) is 132 Å². The Morgan fingerprint density at radius 3 is 1.75 bits per heavy atom. The highest BCUT2D eigenvalue weighted by atomic mass is 32.1. The van der Waals surface area contributed by atoms with E-state index < -0.39 is 0 Å². The van der Waals surface area contributed by atoms with Crippen molar-refractivity contribution in [2.75, 3.05) is 4.90 Å². The van der Waals surface area contributed by atoms with Gasteiger partial charge in [0.05, 0.1) is 5.69 Å². The second-order valence-electron chi connectivity index (χ2n) is 11.2. The van der Waals surface area contributed by atoms with Gasteiger partial charge in [-0.2, -0.15) is 0 Å². The highest BCUT2D eigenvalue weighted by Crippen LogP contribution is 2.46. The van der Waals surface area contributed by atoms with Gasteiger partial charge in [-0.1, -0.05) is 66.7 Å². The largest absolute Gasteiger partial charge is 0.451 e. The summed E-state index contributed by atoms with van der Waals surface area (Å²) in [7, 11) is 0. The van der Waals surface area contributed by atoms with Gasteiger partial charge in [-0.3, -0.25) is 4.98 Å². The molecule has 0 amide bonds. The second-order valence-corrected chi connectivity index (χ2v) is 13.3. The number of hydrogen-bond acceptors (Lipinski definition) is 5. The third kappa shape index (κ3) is 3.45. The minimum Gasteiger partial charge on any atom is -0.451 e. The van der Waals surface area contributed by atoms with Crippen molar-refractivity contribution in [1.82, 2.24) is 4.98 Å². The van der Waals surface area contributed by atoms with Gasteiger partial charge in [0.1, 0.15) is 11.1 Å². The van der Waals surface area contributed by atoms with Crippen LogP contribution in [-0.4, -0.2) is 4.98 Å². The highest BCUT2D eigenvalue weighted by Gasteiger charge is 2.22. The molecule has 0 saturated carbocycles. The summed E-state index contributed by atoms with van der Waals surface area (Å²) >= 11 is 3.68. The number of rotatable bonds is 3. The summed E-state index contributed by atoms with van der Waals surface area (Å²) < 4.78 is 12.0. The summed E-state index contributed by atoms with van der Waals surface area (Å²) in [6.07, 6.45) is 1.91. The van der Waals surface area contributed by atoms with Crippen LogP contribution in [0.1, 0.15) is 0 Å². The fourth-order valence-corrected chi connectivity index (χ4v) is 8.85. The molecule has 0 unspecified atom stereocenters. The van der Waals surface area contributed by atoms with Crippen LogP contribution in [0.4, 0.5) is 17.1 Å². The highest BCUT2D eigenvalue weighted by molar-refractivity contribution is 7.26. The zero-order chi connectivity index (χ0) is 28.8. The van der Waals surface area contributed by atoms with E-state index in [0.717, 1.165) is 49.9 Å². The Morgan fingerprint density at radius 1 is 0.477 bits per heavy atom. The number of benzene rings is 6. The van der Waals surface area contributed by atoms with Crippen molar-refractivity contribution in [2.24, 2.45) is 0 Å². The van der Waals surface area contributed by atoms with Crippen LogP contribution in [0.2, 0.25) is 0 Å². The molecule has 0 atom stereocenters. The summed E-state index contributed by atoms with van der Waals surface area (Å²) in [4.78, 5) is 7.19. The Labute approximate surface area is 259 Å². The molecule has 10 aromatic rings. The summed E-state index contributed by atoms with van der Waals surface area (Å²) in [6.45, 7) is 0. The molecule has 3 nitrogen and oxygen atoms in total. The molecule has 44 heavy (non-hydrogen) atoms. The summed E-state index contributed by atoms with van der Waals surface area (Å²) in [6, 6.07) is 45.7. The quantitative estimate of drug-likeness (QED) is 0.203. The second kappa shape index (κ2) is 9.13. The molecule has 0 bridgehead atoms. The van der Waals surface area contributed by atoms with Gasteiger partial charge in [-0.05, 0) is 66.0 Å². The normalized spacial score (nSPS) is 12.1. The maximum absolute atomic E-state index is 6.81. The number of hydrogen-bond donors (Lipinski definition) is 0. The molecule has 6 aromatic carbocycles. The molecular formula is C39H22N2OS2. The number of thiophene rings is 2. The standard InChI is InChI=1S/C39H22N2OS2/c1-2-8-26-23(7-1)13-16-29-37-39(42-38(26)29)32(19-20-40-37)41(24-14-17-35-30(21-24)27-9-3-5-11-33(27)43-35)25-15-18-36-31(22-25)28-10-4-6-12-34(28)44-36/h1-22H.